The molecule has 0 radical (unpaired) electrons. The Bertz CT molecular complexity index is 581. The van der Waals surface area contributed by atoms with Crippen molar-refractivity contribution >= 4 is 16.3 Å². The second-order valence-corrected chi connectivity index (χ2v) is 10.5. The Morgan fingerprint density at radius 1 is 1.08 bits per heavy atom. The zero-order chi connectivity index (χ0) is 20.0. The van der Waals surface area contributed by atoms with Crippen LogP contribution in [0.15, 0.2) is 12.2 Å². The van der Waals surface area contributed by atoms with E-state index >= 15 is 0 Å². The summed E-state index contributed by atoms with van der Waals surface area (Å²) in [4.78, 5) is 11.5. The van der Waals surface area contributed by atoms with Crippen LogP contribution in [0, 0.1) is 11.3 Å². The maximum absolute atomic E-state index is 12.3. The van der Waals surface area contributed by atoms with Gasteiger partial charge in [0.25, 0.3) is 10.2 Å². The Morgan fingerprint density at radius 3 is 2.12 bits per heavy atom. The fourth-order valence-electron chi connectivity index (χ4n) is 2.83. The molecule has 1 rings (SSSR count). The summed E-state index contributed by atoms with van der Waals surface area (Å²) in [5.41, 5.74) is -0.322. The highest BCUT2D eigenvalue weighted by atomic mass is 32.2. The first-order chi connectivity index (χ1) is 11.8. The summed E-state index contributed by atoms with van der Waals surface area (Å²) < 4.78 is 33.9. The van der Waals surface area contributed by atoms with E-state index in [1.165, 1.54) is 4.31 Å². The minimum Gasteiger partial charge on any atom is -0.444 e. The van der Waals surface area contributed by atoms with E-state index in [1.54, 1.807) is 32.9 Å². The van der Waals surface area contributed by atoms with Gasteiger partial charge in [0.05, 0.1) is 0 Å². The van der Waals surface area contributed by atoms with Crippen molar-refractivity contribution in [3.8, 4) is 0 Å². The normalized spacial score (nSPS) is 18.2. The van der Waals surface area contributed by atoms with Gasteiger partial charge in [0.1, 0.15) is 5.60 Å². The van der Waals surface area contributed by atoms with Gasteiger partial charge in [-0.15, -0.1) is 0 Å². The molecule has 1 fully saturated rings. The van der Waals surface area contributed by atoms with Gasteiger partial charge in [0.15, 0.2) is 0 Å². The Labute approximate surface area is 158 Å². The molecule has 1 saturated heterocycles. The molecule has 152 valence electrons. The lowest BCUT2D eigenvalue weighted by molar-refractivity contribution is 0.0534. The zero-order valence-electron chi connectivity index (χ0n) is 17.0. The highest BCUT2D eigenvalue weighted by molar-refractivity contribution is 7.87. The summed E-state index contributed by atoms with van der Waals surface area (Å²) in [5.74, 6) is 0.549. The summed E-state index contributed by atoms with van der Waals surface area (Å²) >= 11 is 0. The van der Waals surface area contributed by atoms with E-state index in [0.717, 1.165) is 12.8 Å². The average molecular weight is 390 g/mol. The van der Waals surface area contributed by atoms with Gasteiger partial charge in [-0.3, -0.25) is 0 Å². The minimum atomic E-state index is -3.46. The van der Waals surface area contributed by atoms with Crippen molar-refractivity contribution in [1.29, 1.82) is 0 Å². The van der Waals surface area contributed by atoms with Crippen molar-refractivity contribution in [2.75, 3.05) is 26.2 Å². The molecule has 0 bridgehead atoms. The monoisotopic (exact) mass is 389 g/mol. The third kappa shape index (κ3) is 8.51. The molecule has 0 aliphatic carbocycles. The predicted molar refractivity (Wildman–Crippen MR) is 104 cm³/mol. The highest BCUT2D eigenvalue weighted by Gasteiger charge is 2.32. The minimum absolute atomic E-state index is 0.192. The van der Waals surface area contributed by atoms with E-state index in [-0.39, 0.29) is 18.5 Å². The number of carbonyl (C=O) groups is 1. The molecule has 8 heteroatoms. The zero-order valence-corrected chi connectivity index (χ0v) is 17.8. The van der Waals surface area contributed by atoms with Gasteiger partial charge >= 0.3 is 6.09 Å². The van der Waals surface area contributed by atoms with Crippen LogP contribution in [-0.4, -0.2) is 50.6 Å². The first-order valence-electron chi connectivity index (χ1n) is 9.18. The van der Waals surface area contributed by atoms with Crippen LogP contribution in [0.3, 0.4) is 0 Å². The molecule has 0 aromatic rings. The Balaban J connectivity index is 2.31. The molecule has 1 aliphatic rings. The third-order valence-electron chi connectivity index (χ3n) is 4.33. The van der Waals surface area contributed by atoms with E-state index in [9.17, 15) is 13.2 Å². The molecule has 7 nitrogen and oxygen atoms in total. The van der Waals surface area contributed by atoms with Crippen molar-refractivity contribution in [2.24, 2.45) is 11.3 Å². The van der Waals surface area contributed by atoms with E-state index < -0.39 is 21.9 Å². The van der Waals surface area contributed by atoms with Gasteiger partial charge in [-0.25, -0.2) is 4.79 Å². The Kier molecular flexibility index (Phi) is 8.10. The first kappa shape index (κ1) is 22.9. The Morgan fingerprint density at radius 2 is 1.62 bits per heavy atom. The second-order valence-electron chi connectivity index (χ2n) is 8.75. The summed E-state index contributed by atoms with van der Waals surface area (Å²) in [5, 5.41) is 2.58. The molecule has 0 unspecified atom stereocenters. The van der Waals surface area contributed by atoms with E-state index in [2.05, 4.69) is 30.8 Å². The summed E-state index contributed by atoms with van der Waals surface area (Å²) in [6.07, 6.45) is 4.65. The second kappa shape index (κ2) is 9.19. The molecule has 1 amide bonds. The summed E-state index contributed by atoms with van der Waals surface area (Å²) in [6.45, 7) is 13.6. The first-order valence-corrected chi connectivity index (χ1v) is 10.6. The van der Waals surface area contributed by atoms with Gasteiger partial charge in [0.2, 0.25) is 0 Å². The number of hydrogen-bond donors (Lipinski definition) is 2. The van der Waals surface area contributed by atoms with E-state index in [1.807, 2.05) is 0 Å². The fourth-order valence-corrected chi connectivity index (χ4v) is 4.01. The van der Waals surface area contributed by atoms with Crippen molar-refractivity contribution < 1.29 is 17.9 Å². The number of nitrogens with one attached hydrogen (secondary N) is 2. The number of rotatable bonds is 6. The highest BCUT2D eigenvalue weighted by Crippen LogP contribution is 2.34. The quantitative estimate of drug-likeness (QED) is 0.684. The fraction of sp³-hybridized carbons (Fsp3) is 0.833. The summed E-state index contributed by atoms with van der Waals surface area (Å²) in [6, 6.07) is 0. The molecule has 0 spiro atoms. The van der Waals surface area contributed by atoms with Crippen molar-refractivity contribution in [3.63, 3.8) is 0 Å². The molecule has 0 atom stereocenters. The lowest BCUT2D eigenvalue weighted by atomic mass is 9.76. The molecule has 26 heavy (non-hydrogen) atoms. The maximum atomic E-state index is 12.3. The molecule has 0 saturated carbocycles. The number of alkyl carbamates (subject to hydrolysis) is 1. The largest absolute Gasteiger partial charge is 0.444 e. The van der Waals surface area contributed by atoms with Crippen LogP contribution in [0.5, 0.6) is 0 Å². The van der Waals surface area contributed by atoms with E-state index in [0.29, 0.717) is 19.0 Å². The number of hydrogen-bond acceptors (Lipinski definition) is 4. The number of carbonyl (C=O) groups excluding carboxylic acids is 1. The lowest BCUT2D eigenvalue weighted by Crippen LogP contribution is -2.46. The van der Waals surface area contributed by atoms with Crippen molar-refractivity contribution in [1.82, 2.24) is 14.3 Å². The topological polar surface area (TPSA) is 87.7 Å². The SMILES string of the molecule is CC(C)(C)OC(=O)NCC=CCNS(=O)(=O)N1CCC(C(C)(C)C)CC1. The van der Waals surface area contributed by atoms with Crippen LogP contribution in [-0.2, 0) is 14.9 Å². The smallest absolute Gasteiger partial charge is 0.407 e. The average Bonchev–Trinajstić information content (AvgIpc) is 2.48. The molecular weight excluding hydrogens is 354 g/mol. The van der Waals surface area contributed by atoms with Crippen LogP contribution in [0.2, 0.25) is 0 Å². The number of piperidine rings is 1. The van der Waals surface area contributed by atoms with Crippen LogP contribution in [0.25, 0.3) is 0 Å². The molecular formula is C18H35N3O4S. The molecule has 1 aliphatic heterocycles. The molecule has 2 N–H and O–H groups in total. The predicted octanol–water partition coefficient (Wildman–Crippen LogP) is 2.66. The van der Waals surface area contributed by atoms with Crippen LogP contribution in [0.1, 0.15) is 54.4 Å². The van der Waals surface area contributed by atoms with Crippen molar-refractivity contribution in [3.05, 3.63) is 12.2 Å². The van der Waals surface area contributed by atoms with Gasteiger partial charge in [-0.2, -0.15) is 17.4 Å². The number of ether oxygens (including phenoxy) is 1. The maximum Gasteiger partial charge on any atom is 0.407 e. The number of amides is 1. The number of nitrogens with zero attached hydrogens (tertiary/aromatic N) is 1. The molecule has 0 aromatic heterocycles. The van der Waals surface area contributed by atoms with Crippen LogP contribution >= 0.6 is 0 Å². The lowest BCUT2D eigenvalue weighted by Gasteiger charge is -2.38. The molecule has 1 heterocycles. The Hall–Kier alpha value is -1.12. The van der Waals surface area contributed by atoms with Gasteiger partial charge in [-0.1, -0.05) is 32.9 Å². The van der Waals surface area contributed by atoms with Crippen LogP contribution in [0.4, 0.5) is 4.79 Å². The van der Waals surface area contributed by atoms with Crippen LogP contribution < -0.4 is 10.0 Å². The standard InChI is InChI=1S/C18H35N3O4S/c1-17(2,3)15-9-13-21(14-10-15)26(23,24)20-12-8-7-11-19-16(22)25-18(4,5)6/h7-8,15,20H,9-14H2,1-6H3,(H,19,22). The van der Waals surface area contributed by atoms with Gasteiger partial charge in [0, 0.05) is 26.2 Å². The third-order valence-corrected chi connectivity index (χ3v) is 5.91. The van der Waals surface area contributed by atoms with Crippen molar-refractivity contribution in [2.45, 2.75) is 60.0 Å². The van der Waals surface area contributed by atoms with Gasteiger partial charge < -0.3 is 10.1 Å². The van der Waals surface area contributed by atoms with E-state index in [4.69, 9.17) is 4.74 Å². The summed E-state index contributed by atoms with van der Waals surface area (Å²) in [7, 11) is -3.46. The van der Waals surface area contributed by atoms with Gasteiger partial charge in [-0.05, 0) is 44.9 Å². The molecule has 0 aromatic carbocycles.